The fraction of sp³-hybridized carbons (Fsp3) is 0.548. The summed E-state index contributed by atoms with van der Waals surface area (Å²) in [5.74, 6) is 0. The first-order valence-corrected chi connectivity index (χ1v) is 14.2. The number of hydrogen-bond donors (Lipinski definition) is 2. The highest BCUT2D eigenvalue weighted by molar-refractivity contribution is 5.94. The van der Waals surface area contributed by atoms with Gasteiger partial charge in [-0.2, -0.15) is 0 Å². The van der Waals surface area contributed by atoms with Crippen LogP contribution in [0.1, 0.15) is 115 Å². The maximum Gasteiger partial charge on any atom is 0.0931 e. The minimum absolute atomic E-state index is 0.0821. The second-order valence-electron chi connectivity index (χ2n) is 10.8. The Morgan fingerprint density at radius 1 is 0.571 bits per heavy atom. The van der Waals surface area contributed by atoms with Crippen molar-refractivity contribution in [2.45, 2.75) is 109 Å². The molecule has 0 fully saturated rings. The van der Waals surface area contributed by atoms with E-state index in [1.807, 2.05) is 12.7 Å². The zero-order chi connectivity index (χ0) is 24.1. The average molecular weight is 471 g/mol. The van der Waals surface area contributed by atoms with Gasteiger partial charge in [0.05, 0.1) is 34.7 Å². The van der Waals surface area contributed by atoms with E-state index in [0.29, 0.717) is 0 Å². The van der Waals surface area contributed by atoms with Crippen LogP contribution in [-0.4, -0.2) is 19.9 Å². The summed E-state index contributed by atoms with van der Waals surface area (Å²) in [6.07, 6.45) is 22.2. The lowest BCUT2D eigenvalue weighted by Gasteiger charge is -2.33. The molecular formula is C31H42N4. The zero-order valence-electron chi connectivity index (χ0n) is 21.8. The Morgan fingerprint density at radius 2 is 1.00 bits per heavy atom. The van der Waals surface area contributed by atoms with Crippen molar-refractivity contribution in [3.8, 4) is 11.1 Å². The van der Waals surface area contributed by atoms with Crippen molar-refractivity contribution >= 4 is 22.1 Å². The van der Waals surface area contributed by atoms with Gasteiger partial charge in [0.2, 0.25) is 0 Å². The van der Waals surface area contributed by atoms with E-state index in [-0.39, 0.29) is 5.41 Å². The summed E-state index contributed by atoms with van der Waals surface area (Å²) < 4.78 is 0. The number of rotatable bonds is 14. The summed E-state index contributed by atoms with van der Waals surface area (Å²) in [6, 6.07) is 9.49. The van der Waals surface area contributed by atoms with Gasteiger partial charge in [-0.1, -0.05) is 90.9 Å². The minimum Gasteiger partial charge on any atom is -0.345 e. The summed E-state index contributed by atoms with van der Waals surface area (Å²) in [7, 11) is 0. The monoisotopic (exact) mass is 470 g/mol. The third-order valence-corrected chi connectivity index (χ3v) is 8.35. The molecule has 0 atom stereocenters. The van der Waals surface area contributed by atoms with Gasteiger partial charge in [-0.15, -0.1) is 0 Å². The third kappa shape index (κ3) is 4.77. The van der Waals surface area contributed by atoms with E-state index < -0.39 is 0 Å². The van der Waals surface area contributed by atoms with Crippen LogP contribution in [0.25, 0.3) is 33.2 Å². The standard InChI is InChI=1S/C31H42N4/c1-3-5-7-9-11-13-15-31(16-14-12-10-8-6-4-2)25-19-29-27(32-21-34-29)17-23(25)24-18-28-30(20-26(24)31)35-22-33-28/h17-22H,3-16H2,1-2H3,(H,32,34)(H,33,35). The summed E-state index contributed by atoms with van der Waals surface area (Å²) in [4.78, 5) is 16.0. The summed E-state index contributed by atoms with van der Waals surface area (Å²) in [5.41, 5.74) is 10.3. The summed E-state index contributed by atoms with van der Waals surface area (Å²) in [6.45, 7) is 4.60. The van der Waals surface area contributed by atoms with E-state index in [1.165, 1.54) is 112 Å². The molecule has 0 saturated carbocycles. The van der Waals surface area contributed by atoms with Crippen molar-refractivity contribution in [3.63, 3.8) is 0 Å². The molecule has 2 aromatic carbocycles. The molecule has 35 heavy (non-hydrogen) atoms. The van der Waals surface area contributed by atoms with Gasteiger partial charge in [-0.05, 0) is 59.4 Å². The number of aromatic amines is 2. The van der Waals surface area contributed by atoms with Gasteiger partial charge in [0, 0.05) is 5.41 Å². The van der Waals surface area contributed by atoms with Gasteiger partial charge < -0.3 is 9.97 Å². The van der Waals surface area contributed by atoms with Crippen LogP contribution in [-0.2, 0) is 5.41 Å². The van der Waals surface area contributed by atoms with Gasteiger partial charge >= 0.3 is 0 Å². The molecule has 2 heterocycles. The lowest BCUT2D eigenvalue weighted by atomic mass is 9.70. The van der Waals surface area contributed by atoms with Crippen LogP contribution in [0.4, 0.5) is 0 Å². The van der Waals surface area contributed by atoms with Gasteiger partial charge in [0.25, 0.3) is 0 Å². The Balaban J connectivity index is 1.51. The Bertz CT molecular complexity index is 1150. The van der Waals surface area contributed by atoms with Crippen LogP contribution in [0.3, 0.4) is 0 Å². The number of nitrogens with zero attached hydrogens (tertiary/aromatic N) is 2. The van der Waals surface area contributed by atoms with Crippen LogP contribution in [0.2, 0.25) is 0 Å². The zero-order valence-corrected chi connectivity index (χ0v) is 21.8. The first-order valence-electron chi connectivity index (χ1n) is 14.2. The largest absolute Gasteiger partial charge is 0.345 e. The van der Waals surface area contributed by atoms with Crippen LogP contribution in [0, 0.1) is 0 Å². The Morgan fingerprint density at radius 3 is 1.46 bits per heavy atom. The highest BCUT2D eigenvalue weighted by atomic mass is 14.9. The number of nitrogens with one attached hydrogen (secondary N) is 2. The molecule has 0 aliphatic heterocycles. The van der Waals surface area contributed by atoms with E-state index in [0.717, 1.165) is 22.1 Å². The van der Waals surface area contributed by atoms with Gasteiger partial charge in [-0.3, -0.25) is 0 Å². The second-order valence-corrected chi connectivity index (χ2v) is 10.8. The molecule has 0 bridgehead atoms. The average Bonchev–Trinajstić information content (AvgIpc) is 3.58. The maximum atomic E-state index is 4.60. The normalized spacial score (nSPS) is 14.1. The molecule has 1 aliphatic carbocycles. The highest BCUT2D eigenvalue weighted by Gasteiger charge is 2.43. The molecule has 2 N–H and O–H groups in total. The molecule has 4 aromatic rings. The molecule has 0 unspecified atom stereocenters. The first kappa shape index (κ1) is 24.1. The quantitative estimate of drug-likeness (QED) is 0.180. The number of hydrogen-bond acceptors (Lipinski definition) is 2. The van der Waals surface area contributed by atoms with E-state index >= 15 is 0 Å². The number of H-pyrrole nitrogens is 2. The van der Waals surface area contributed by atoms with E-state index in [9.17, 15) is 0 Å². The lowest BCUT2D eigenvalue weighted by molar-refractivity contribution is 0.398. The maximum absolute atomic E-state index is 4.60. The molecule has 4 heteroatoms. The Labute approximate surface area is 210 Å². The molecule has 0 spiro atoms. The van der Waals surface area contributed by atoms with Crippen LogP contribution in [0.15, 0.2) is 36.9 Å². The number of unbranched alkanes of at least 4 members (excludes halogenated alkanes) is 10. The van der Waals surface area contributed by atoms with Crippen LogP contribution in [0.5, 0.6) is 0 Å². The molecule has 1 aliphatic rings. The Kier molecular flexibility index (Phi) is 7.55. The molecule has 4 nitrogen and oxygen atoms in total. The summed E-state index contributed by atoms with van der Waals surface area (Å²) >= 11 is 0. The fourth-order valence-electron chi connectivity index (χ4n) is 6.42. The molecular weight excluding hydrogens is 428 g/mol. The number of imidazole rings is 2. The molecule has 0 radical (unpaired) electrons. The number of fused-ring (bicyclic) bond motifs is 5. The minimum atomic E-state index is 0.0821. The van der Waals surface area contributed by atoms with Crippen molar-refractivity contribution in [1.82, 2.24) is 19.9 Å². The van der Waals surface area contributed by atoms with E-state index in [4.69, 9.17) is 0 Å². The fourth-order valence-corrected chi connectivity index (χ4v) is 6.42. The molecule has 2 aromatic heterocycles. The lowest BCUT2D eigenvalue weighted by Crippen LogP contribution is -2.25. The predicted molar refractivity (Wildman–Crippen MR) is 148 cm³/mol. The van der Waals surface area contributed by atoms with E-state index in [2.05, 4.69) is 58.0 Å². The smallest absolute Gasteiger partial charge is 0.0931 e. The number of aromatic nitrogens is 4. The highest BCUT2D eigenvalue weighted by Crippen LogP contribution is 2.55. The van der Waals surface area contributed by atoms with Crippen molar-refractivity contribution in [3.05, 3.63) is 48.0 Å². The third-order valence-electron chi connectivity index (χ3n) is 8.35. The molecule has 5 rings (SSSR count). The van der Waals surface area contributed by atoms with Gasteiger partial charge in [-0.25, -0.2) is 9.97 Å². The van der Waals surface area contributed by atoms with E-state index in [1.54, 1.807) is 0 Å². The molecule has 0 amide bonds. The van der Waals surface area contributed by atoms with Crippen molar-refractivity contribution < 1.29 is 0 Å². The summed E-state index contributed by atoms with van der Waals surface area (Å²) in [5, 5.41) is 0. The van der Waals surface area contributed by atoms with Crippen LogP contribution < -0.4 is 0 Å². The molecule has 0 saturated heterocycles. The Hall–Kier alpha value is -2.62. The molecule has 186 valence electrons. The number of benzene rings is 2. The topological polar surface area (TPSA) is 57.4 Å². The van der Waals surface area contributed by atoms with Crippen LogP contribution >= 0.6 is 0 Å². The van der Waals surface area contributed by atoms with Gasteiger partial charge in [0.15, 0.2) is 0 Å². The predicted octanol–water partition coefficient (Wildman–Crippen LogP) is 9.21. The van der Waals surface area contributed by atoms with Crippen molar-refractivity contribution in [2.75, 3.05) is 0 Å². The van der Waals surface area contributed by atoms with Gasteiger partial charge in [0.1, 0.15) is 0 Å². The first-order chi connectivity index (χ1) is 17.3. The van der Waals surface area contributed by atoms with Crippen molar-refractivity contribution in [2.24, 2.45) is 0 Å². The second kappa shape index (κ2) is 11.0. The SMILES string of the molecule is CCCCCCCCC1(CCCCCCCC)c2cc3[nH]cnc3cc2-c2cc3nc[nH]c3cc21. The van der Waals surface area contributed by atoms with Crippen molar-refractivity contribution in [1.29, 1.82) is 0 Å².